The van der Waals surface area contributed by atoms with Gasteiger partial charge in [-0.2, -0.15) is 0 Å². The van der Waals surface area contributed by atoms with Gasteiger partial charge in [0.15, 0.2) is 0 Å². The van der Waals surface area contributed by atoms with Crippen LogP contribution in [-0.4, -0.2) is 22.9 Å². The van der Waals surface area contributed by atoms with Crippen molar-refractivity contribution >= 4 is 29.0 Å². The maximum atomic E-state index is 12.1. The standard InChI is InChI=1S/C13H10ClN3O4/c1-21-11-7-9(17(19)20)2-3-10(11)13(18)16-12-6-8(14)4-5-15-12/h2-7H,1H3,(H,15,16,18). The fraction of sp³-hybridized carbons (Fsp3) is 0.0769. The molecule has 0 aliphatic heterocycles. The normalized spacial score (nSPS) is 10.0. The number of pyridine rings is 1. The summed E-state index contributed by atoms with van der Waals surface area (Å²) in [6.45, 7) is 0. The Labute approximate surface area is 124 Å². The lowest BCUT2D eigenvalue weighted by Crippen LogP contribution is -2.14. The quantitative estimate of drug-likeness (QED) is 0.692. The van der Waals surface area contributed by atoms with E-state index in [4.69, 9.17) is 16.3 Å². The molecular formula is C13H10ClN3O4. The number of carbonyl (C=O) groups is 1. The van der Waals surface area contributed by atoms with Crippen LogP contribution < -0.4 is 10.1 Å². The molecule has 0 bridgehead atoms. The van der Waals surface area contributed by atoms with Crippen LogP contribution in [0.1, 0.15) is 10.4 Å². The number of carbonyl (C=O) groups excluding carboxylic acids is 1. The van der Waals surface area contributed by atoms with Crippen LogP contribution in [0.25, 0.3) is 0 Å². The fourth-order valence-corrected chi connectivity index (χ4v) is 1.80. The van der Waals surface area contributed by atoms with Gasteiger partial charge < -0.3 is 10.1 Å². The fourth-order valence-electron chi connectivity index (χ4n) is 1.64. The molecule has 0 atom stereocenters. The topological polar surface area (TPSA) is 94.4 Å². The number of nitro benzene ring substituents is 1. The lowest BCUT2D eigenvalue weighted by atomic mass is 10.1. The van der Waals surface area contributed by atoms with Gasteiger partial charge >= 0.3 is 0 Å². The van der Waals surface area contributed by atoms with E-state index < -0.39 is 10.8 Å². The van der Waals surface area contributed by atoms with Crippen LogP contribution in [0.15, 0.2) is 36.5 Å². The minimum absolute atomic E-state index is 0.101. The average molecular weight is 308 g/mol. The lowest BCUT2D eigenvalue weighted by molar-refractivity contribution is -0.384. The van der Waals surface area contributed by atoms with Crippen LogP contribution >= 0.6 is 11.6 Å². The third-order valence-corrected chi connectivity index (χ3v) is 2.84. The molecule has 8 heteroatoms. The second kappa shape index (κ2) is 6.19. The molecule has 1 N–H and O–H groups in total. The smallest absolute Gasteiger partial charge is 0.273 e. The van der Waals surface area contributed by atoms with E-state index in [9.17, 15) is 14.9 Å². The van der Waals surface area contributed by atoms with E-state index in [1.807, 2.05) is 0 Å². The Hall–Kier alpha value is -2.67. The van der Waals surface area contributed by atoms with Crippen LogP contribution in [-0.2, 0) is 0 Å². The number of hydrogen-bond donors (Lipinski definition) is 1. The van der Waals surface area contributed by atoms with Crippen molar-refractivity contribution in [2.24, 2.45) is 0 Å². The zero-order chi connectivity index (χ0) is 15.4. The predicted octanol–water partition coefficient (Wildman–Crippen LogP) is 2.90. The molecule has 108 valence electrons. The van der Waals surface area contributed by atoms with Gasteiger partial charge in [-0.1, -0.05) is 11.6 Å². The number of halogens is 1. The van der Waals surface area contributed by atoms with Crippen molar-refractivity contribution in [2.45, 2.75) is 0 Å². The highest BCUT2D eigenvalue weighted by Gasteiger charge is 2.17. The molecule has 21 heavy (non-hydrogen) atoms. The van der Waals surface area contributed by atoms with E-state index in [-0.39, 0.29) is 22.8 Å². The molecule has 1 aromatic carbocycles. The minimum Gasteiger partial charge on any atom is -0.496 e. The van der Waals surface area contributed by atoms with Crippen molar-refractivity contribution in [1.82, 2.24) is 4.98 Å². The summed E-state index contributed by atoms with van der Waals surface area (Å²) in [6, 6.07) is 6.78. The molecule has 0 aliphatic rings. The first-order valence-corrected chi connectivity index (χ1v) is 6.14. The maximum Gasteiger partial charge on any atom is 0.273 e. The molecule has 0 unspecified atom stereocenters. The number of amides is 1. The molecular weight excluding hydrogens is 298 g/mol. The Bertz CT molecular complexity index is 706. The number of hydrogen-bond acceptors (Lipinski definition) is 5. The number of nitrogens with zero attached hydrogens (tertiary/aromatic N) is 2. The Balaban J connectivity index is 2.28. The average Bonchev–Trinajstić information content (AvgIpc) is 2.46. The first-order valence-electron chi connectivity index (χ1n) is 5.76. The first kappa shape index (κ1) is 14.7. The van der Waals surface area contributed by atoms with E-state index in [2.05, 4.69) is 10.3 Å². The molecule has 2 aromatic rings. The molecule has 0 saturated heterocycles. The maximum absolute atomic E-state index is 12.1. The number of methoxy groups -OCH3 is 1. The predicted molar refractivity (Wildman–Crippen MR) is 76.8 cm³/mol. The van der Waals surface area contributed by atoms with E-state index in [1.54, 1.807) is 6.07 Å². The van der Waals surface area contributed by atoms with Crippen molar-refractivity contribution in [1.29, 1.82) is 0 Å². The van der Waals surface area contributed by atoms with Crippen LogP contribution in [0.3, 0.4) is 0 Å². The third kappa shape index (κ3) is 3.46. The van der Waals surface area contributed by atoms with Gasteiger partial charge in [0, 0.05) is 17.3 Å². The summed E-state index contributed by atoms with van der Waals surface area (Å²) in [5.41, 5.74) is -0.00541. The first-order chi connectivity index (χ1) is 10.0. The van der Waals surface area contributed by atoms with Gasteiger partial charge in [-0.25, -0.2) is 4.98 Å². The molecule has 0 fully saturated rings. The summed E-state index contributed by atoms with van der Waals surface area (Å²) >= 11 is 5.80. The van der Waals surface area contributed by atoms with Crippen LogP contribution in [0.2, 0.25) is 5.02 Å². The monoisotopic (exact) mass is 307 g/mol. The molecule has 1 amide bonds. The Morgan fingerprint density at radius 3 is 2.76 bits per heavy atom. The number of nitrogens with one attached hydrogen (secondary N) is 1. The number of benzene rings is 1. The van der Waals surface area contributed by atoms with Gasteiger partial charge in [0.1, 0.15) is 11.6 Å². The highest BCUT2D eigenvalue weighted by molar-refractivity contribution is 6.30. The highest BCUT2D eigenvalue weighted by atomic mass is 35.5. The minimum atomic E-state index is -0.567. The Kier molecular flexibility index (Phi) is 4.34. The van der Waals surface area contributed by atoms with Gasteiger partial charge in [-0.05, 0) is 18.2 Å². The molecule has 1 heterocycles. The van der Waals surface area contributed by atoms with Gasteiger partial charge in [0.05, 0.1) is 23.7 Å². The van der Waals surface area contributed by atoms with Crippen molar-refractivity contribution in [3.63, 3.8) is 0 Å². The zero-order valence-electron chi connectivity index (χ0n) is 10.9. The third-order valence-electron chi connectivity index (χ3n) is 2.60. The van der Waals surface area contributed by atoms with Crippen molar-refractivity contribution in [2.75, 3.05) is 12.4 Å². The van der Waals surface area contributed by atoms with Crippen molar-refractivity contribution in [3.05, 3.63) is 57.2 Å². The number of ether oxygens (including phenoxy) is 1. The van der Waals surface area contributed by atoms with Gasteiger partial charge in [-0.3, -0.25) is 14.9 Å². The van der Waals surface area contributed by atoms with Crippen LogP contribution in [0.5, 0.6) is 5.75 Å². The number of nitro groups is 1. The molecule has 0 saturated carbocycles. The summed E-state index contributed by atoms with van der Waals surface area (Å²) in [5.74, 6) is -0.131. The number of anilines is 1. The molecule has 1 aromatic heterocycles. The lowest BCUT2D eigenvalue weighted by Gasteiger charge is -2.08. The second-order valence-electron chi connectivity index (χ2n) is 3.96. The van der Waals surface area contributed by atoms with E-state index >= 15 is 0 Å². The number of non-ortho nitro benzene ring substituents is 1. The molecule has 0 aliphatic carbocycles. The molecule has 2 rings (SSSR count). The van der Waals surface area contributed by atoms with Crippen molar-refractivity contribution in [3.8, 4) is 5.75 Å². The summed E-state index contributed by atoms with van der Waals surface area (Å²) in [6.07, 6.45) is 1.45. The van der Waals surface area contributed by atoms with Crippen LogP contribution in [0.4, 0.5) is 11.5 Å². The zero-order valence-corrected chi connectivity index (χ0v) is 11.6. The summed E-state index contributed by atoms with van der Waals surface area (Å²) in [4.78, 5) is 26.2. The highest BCUT2D eigenvalue weighted by Crippen LogP contribution is 2.25. The van der Waals surface area contributed by atoms with E-state index in [0.29, 0.717) is 5.02 Å². The molecule has 7 nitrogen and oxygen atoms in total. The van der Waals surface area contributed by atoms with Gasteiger partial charge in [0.25, 0.3) is 11.6 Å². The van der Waals surface area contributed by atoms with E-state index in [0.717, 1.165) is 0 Å². The van der Waals surface area contributed by atoms with Crippen molar-refractivity contribution < 1.29 is 14.5 Å². The summed E-state index contributed by atoms with van der Waals surface area (Å²) in [7, 11) is 1.33. The Morgan fingerprint density at radius 2 is 2.14 bits per heavy atom. The second-order valence-corrected chi connectivity index (χ2v) is 4.39. The summed E-state index contributed by atoms with van der Waals surface area (Å²) < 4.78 is 5.01. The number of aromatic nitrogens is 1. The Morgan fingerprint density at radius 1 is 1.38 bits per heavy atom. The number of rotatable bonds is 4. The van der Waals surface area contributed by atoms with Gasteiger partial charge in [0.2, 0.25) is 0 Å². The van der Waals surface area contributed by atoms with Gasteiger partial charge in [-0.15, -0.1) is 0 Å². The molecule has 0 radical (unpaired) electrons. The molecule has 0 spiro atoms. The SMILES string of the molecule is COc1cc([N+](=O)[O-])ccc1C(=O)Nc1cc(Cl)ccn1. The summed E-state index contributed by atoms with van der Waals surface area (Å²) in [5, 5.41) is 13.7. The largest absolute Gasteiger partial charge is 0.496 e. The van der Waals surface area contributed by atoms with Crippen LogP contribution in [0, 0.1) is 10.1 Å². The van der Waals surface area contributed by atoms with E-state index in [1.165, 1.54) is 37.6 Å².